The molecule has 0 aliphatic carbocycles. The Balaban J connectivity index is 2.80. The lowest BCUT2D eigenvalue weighted by Gasteiger charge is -2.04. The van der Waals surface area contributed by atoms with Gasteiger partial charge in [-0.3, -0.25) is 4.21 Å². The van der Waals surface area contributed by atoms with Crippen molar-refractivity contribution in [1.82, 2.24) is 0 Å². The standard InChI is InChI=1S/C9H12FNOS2/c1-13-4-5-14(12)9-3-2-7(10)6-8(9)11/h2-3,6H,4-5,11H2,1H3. The molecule has 0 aliphatic heterocycles. The van der Waals surface area contributed by atoms with Crippen molar-refractivity contribution in [2.45, 2.75) is 4.90 Å². The molecule has 14 heavy (non-hydrogen) atoms. The minimum absolute atomic E-state index is 0.268. The fourth-order valence-electron chi connectivity index (χ4n) is 0.996. The molecule has 0 heterocycles. The molecular formula is C9H12FNOS2. The zero-order valence-corrected chi connectivity index (χ0v) is 9.46. The molecule has 2 N–H and O–H groups in total. The van der Waals surface area contributed by atoms with Crippen molar-refractivity contribution in [3.8, 4) is 0 Å². The maximum absolute atomic E-state index is 12.7. The summed E-state index contributed by atoms with van der Waals surface area (Å²) in [6, 6.07) is 3.97. The third-order valence-electron chi connectivity index (χ3n) is 1.69. The molecule has 1 unspecified atom stereocenters. The zero-order valence-electron chi connectivity index (χ0n) is 7.83. The first kappa shape index (κ1) is 11.5. The van der Waals surface area contributed by atoms with E-state index >= 15 is 0 Å². The number of rotatable bonds is 4. The van der Waals surface area contributed by atoms with Crippen molar-refractivity contribution >= 4 is 28.2 Å². The number of hydrogen-bond acceptors (Lipinski definition) is 3. The van der Waals surface area contributed by atoms with Gasteiger partial charge in [0.25, 0.3) is 0 Å². The number of benzene rings is 1. The molecule has 0 bridgehead atoms. The number of thioether (sulfide) groups is 1. The number of nitrogens with two attached hydrogens (primary N) is 1. The Morgan fingerprint density at radius 3 is 2.86 bits per heavy atom. The Bertz CT molecular complexity index is 344. The van der Waals surface area contributed by atoms with E-state index in [0.29, 0.717) is 10.6 Å². The molecule has 5 heteroatoms. The van der Waals surface area contributed by atoms with Crippen LogP contribution in [0.25, 0.3) is 0 Å². The Morgan fingerprint density at radius 2 is 2.29 bits per heavy atom. The maximum atomic E-state index is 12.7. The van der Waals surface area contributed by atoms with Gasteiger partial charge in [-0.1, -0.05) is 0 Å². The predicted molar refractivity (Wildman–Crippen MR) is 60.5 cm³/mol. The summed E-state index contributed by atoms with van der Waals surface area (Å²) in [6.45, 7) is 0. The summed E-state index contributed by atoms with van der Waals surface area (Å²) in [5.41, 5.74) is 5.82. The second kappa shape index (κ2) is 5.36. The summed E-state index contributed by atoms with van der Waals surface area (Å²) in [7, 11) is -1.12. The molecule has 0 radical (unpaired) electrons. The fraction of sp³-hybridized carbons (Fsp3) is 0.333. The molecule has 1 atom stereocenters. The SMILES string of the molecule is CSCCS(=O)c1ccc(F)cc1N. The van der Waals surface area contributed by atoms with E-state index in [1.165, 1.54) is 18.2 Å². The topological polar surface area (TPSA) is 43.1 Å². The summed E-state index contributed by atoms with van der Waals surface area (Å²) >= 11 is 1.63. The van der Waals surface area contributed by atoms with Gasteiger partial charge in [0.1, 0.15) is 5.82 Å². The van der Waals surface area contributed by atoms with Crippen molar-refractivity contribution < 1.29 is 8.60 Å². The summed E-state index contributed by atoms with van der Waals surface area (Å²) in [6.07, 6.45) is 1.95. The van der Waals surface area contributed by atoms with Crippen LogP contribution >= 0.6 is 11.8 Å². The highest BCUT2D eigenvalue weighted by molar-refractivity contribution is 7.99. The molecule has 2 nitrogen and oxygen atoms in total. The number of nitrogen functional groups attached to an aromatic ring is 1. The molecular weight excluding hydrogens is 221 g/mol. The van der Waals surface area contributed by atoms with Gasteiger partial charge in [0.05, 0.1) is 21.4 Å². The van der Waals surface area contributed by atoms with Gasteiger partial charge < -0.3 is 5.73 Å². The number of halogens is 1. The summed E-state index contributed by atoms with van der Waals surface area (Å²) in [5.74, 6) is 0.966. The average Bonchev–Trinajstić information content (AvgIpc) is 2.14. The van der Waals surface area contributed by atoms with E-state index in [1.807, 2.05) is 6.26 Å². The smallest absolute Gasteiger partial charge is 0.125 e. The van der Waals surface area contributed by atoms with E-state index in [2.05, 4.69) is 0 Å². The molecule has 1 aromatic carbocycles. The van der Waals surface area contributed by atoms with Crippen molar-refractivity contribution in [2.24, 2.45) is 0 Å². The maximum Gasteiger partial charge on any atom is 0.125 e. The van der Waals surface area contributed by atoms with Crippen LogP contribution in [0.15, 0.2) is 23.1 Å². The summed E-state index contributed by atoms with van der Waals surface area (Å²) in [4.78, 5) is 0.528. The normalized spacial score (nSPS) is 12.7. The molecule has 1 aromatic rings. The Morgan fingerprint density at radius 1 is 1.57 bits per heavy atom. The molecule has 0 aliphatic rings. The lowest BCUT2D eigenvalue weighted by molar-refractivity contribution is 0.627. The highest BCUT2D eigenvalue weighted by Crippen LogP contribution is 2.18. The van der Waals surface area contributed by atoms with Gasteiger partial charge in [-0.25, -0.2) is 4.39 Å². The van der Waals surface area contributed by atoms with Gasteiger partial charge in [0.15, 0.2) is 0 Å². The minimum atomic E-state index is -1.12. The van der Waals surface area contributed by atoms with Gasteiger partial charge >= 0.3 is 0 Å². The van der Waals surface area contributed by atoms with Gasteiger partial charge in [-0.05, 0) is 24.5 Å². The highest BCUT2D eigenvalue weighted by Gasteiger charge is 2.07. The van der Waals surface area contributed by atoms with E-state index in [-0.39, 0.29) is 5.69 Å². The lowest BCUT2D eigenvalue weighted by Crippen LogP contribution is -2.04. The van der Waals surface area contributed by atoms with Crippen LogP contribution in [0.4, 0.5) is 10.1 Å². The molecule has 0 saturated heterocycles. The predicted octanol–water partition coefficient (Wildman–Crippen LogP) is 1.88. The largest absolute Gasteiger partial charge is 0.398 e. The van der Waals surface area contributed by atoms with E-state index in [0.717, 1.165) is 5.75 Å². The minimum Gasteiger partial charge on any atom is -0.398 e. The monoisotopic (exact) mass is 233 g/mol. The highest BCUT2D eigenvalue weighted by atomic mass is 32.2. The van der Waals surface area contributed by atoms with Crippen molar-refractivity contribution in [3.63, 3.8) is 0 Å². The molecule has 0 fully saturated rings. The van der Waals surface area contributed by atoms with Crippen LogP contribution in [-0.2, 0) is 10.8 Å². The van der Waals surface area contributed by atoms with E-state index in [9.17, 15) is 8.60 Å². The fourth-order valence-corrected chi connectivity index (χ4v) is 3.03. The van der Waals surface area contributed by atoms with Crippen LogP contribution in [0.5, 0.6) is 0 Å². The van der Waals surface area contributed by atoms with E-state index in [4.69, 9.17) is 5.73 Å². The van der Waals surface area contributed by atoms with E-state index < -0.39 is 16.6 Å². The third-order valence-corrected chi connectivity index (χ3v) is 4.00. The van der Waals surface area contributed by atoms with Crippen LogP contribution in [0.1, 0.15) is 0 Å². The van der Waals surface area contributed by atoms with Crippen molar-refractivity contribution in [3.05, 3.63) is 24.0 Å². The second-order valence-corrected chi connectivity index (χ2v) is 5.25. The molecule has 0 aromatic heterocycles. The van der Waals surface area contributed by atoms with E-state index in [1.54, 1.807) is 11.8 Å². The Kier molecular flexibility index (Phi) is 4.41. The summed E-state index contributed by atoms with van der Waals surface area (Å²) < 4.78 is 24.3. The molecule has 1 rings (SSSR count). The van der Waals surface area contributed by atoms with Crippen LogP contribution in [-0.4, -0.2) is 22.0 Å². The van der Waals surface area contributed by atoms with Crippen LogP contribution in [0, 0.1) is 5.82 Å². The molecule has 0 amide bonds. The third kappa shape index (κ3) is 2.99. The van der Waals surface area contributed by atoms with Crippen molar-refractivity contribution in [2.75, 3.05) is 23.5 Å². The molecule has 0 saturated carbocycles. The van der Waals surface area contributed by atoms with Gasteiger partial charge in [-0.15, -0.1) is 0 Å². The summed E-state index contributed by atoms with van der Waals surface area (Å²) in [5, 5.41) is 0. The quantitative estimate of drug-likeness (QED) is 0.807. The lowest BCUT2D eigenvalue weighted by atomic mass is 10.3. The number of hydrogen-bond donors (Lipinski definition) is 1. The first-order chi connectivity index (χ1) is 6.65. The second-order valence-electron chi connectivity index (χ2n) is 2.72. The van der Waals surface area contributed by atoms with Gasteiger partial charge in [0, 0.05) is 11.5 Å². The molecule has 0 spiro atoms. The van der Waals surface area contributed by atoms with Crippen LogP contribution in [0.2, 0.25) is 0 Å². The zero-order chi connectivity index (χ0) is 10.6. The Hall–Kier alpha value is -0.550. The van der Waals surface area contributed by atoms with Crippen LogP contribution < -0.4 is 5.73 Å². The first-order valence-corrected chi connectivity index (χ1v) is 6.78. The first-order valence-electron chi connectivity index (χ1n) is 4.07. The van der Waals surface area contributed by atoms with Crippen LogP contribution in [0.3, 0.4) is 0 Å². The van der Waals surface area contributed by atoms with Crippen molar-refractivity contribution in [1.29, 1.82) is 0 Å². The van der Waals surface area contributed by atoms with Gasteiger partial charge in [-0.2, -0.15) is 11.8 Å². The Labute approximate surface area is 89.5 Å². The van der Waals surface area contributed by atoms with Gasteiger partial charge in [0.2, 0.25) is 0 Å². The average molecular weight is 233 g/mol. The molecule has 78 valence electrons. The number of anilines is 1.